The van der Waals surface area contributed by atoms with E-state index in [1.54, 1.807) is 13.8 Å². The van der Waals surface area contributed by atoms with Crippen molar-refractivity contribution in [1.82, 2.24) is 0 Å². The van der Waals surface area contributed by atoms with Gasteiger partial charge in [-0.25, -0.2) is 57.5 Å². The molecule has 446 valence electrons. The van der Waals surface area contributed by atoms with Crippen LogP contribution in [-0.4, -0.2) is 151 Å². The highest BCUT2D eigenvalue weighted by Gasteiger charge is 2.08. The van der Waals surface area contributed by atoms with Gasteiger partial charge in [0.1, 0.15) is 0 Å². The lowest BCUT2D eigenvalue weighted by Gasteiger charge is -2.03. The molecule has 0 radical (unpaired) electrons. The maximum atomic E-state index is 11.8. The van der Waals surface area contributed by atoms with Crippen molar-refractivity contribution in [2.75, 3.05) is 79.3 Å². The van der Waals surface area contributed by atoms with Gasteiger partial charge in [0.05, 0.1) is 79.3 Å². The second-order valence-electron chi connectivity index (χ2n) is 16.4. The zero-order chi connectivity index (χ0) is 60.5. The Balaban J connectivity index is 3.79. The molecule has 0 saturated carbocycles. The monoisotopic (exact) mass is 1150 g/mol. The van der Waals surface area contributed by atoms with Crippen LogP contribution in [0.2, 0.25) is 0 Å². The van der Waals surface area contributed by atoms with Crippen LogP contribution in [0.4, 0.5) is 0 Å². The normalized spacial score (nSPS) is 9.44. The molecule has 0 spiro atoms. The van der Waals surface area contributed by atoms with E-state index in [1.165, 1.54) is 0 Å². The Bertz CT molecular complexity index is 2290. The van der Waals surface area contributed by atoms with Crippen LogP contribution < -0.4 is 0 Å². The van der Waals surface area contributed by atoms with Crippen molar-refractivity contribution >= 4 is 71.6 Å². The number of unbranched alkanes of at least 4 members (excludes halogenated alkanes) is 15. The van der Waals surface area contributed by atoms with E-state index >= 15 is 0 Å². The summed E-state index contributed by atoms with van der Waals surface area (Å²) in [6.07, 6.45) is 11.7. The van der Waals surface area contributed by atoms with Gasteiger partial charge in [0, 0.05) is 71.0 Å². The molecule has 0 saturated heterocycles. The molecule has 0 amide bonds. The van der Waals surface area contributed by atoms with Crippen LogP contribution in [0.1, 0.15) is 142 Å². The number of carbonyl (C=O) groups is 12. The molecule has 0 unspecified atom stereocenters. The third-order valence-corrected chi connectivity index (χ3v) is 9.68. The number of hydrogen-bond donors (Lipinski definition) is 0. The van der Waals surface area contributed by atoms with Gasteiger partial charge in [-0.05, 0) is 142 Å². The predicted octanol–water partition coefficient (Wildman–Crippen LogP) is 3.37. The van der Waals surface area contributed by atoms with E-state index in [0.717, 1.165) is 0 Å². The van der Waals surface area contributed by atoms with E-state index in [4.69, 9.17) is 47.4 Å². The van der Waals surface area contributed by atoms with Crippen LogP contribution in [-0.2, 0) is 114 Å². The van der Waals surface area contributed by atoms with Crippen molar-refractivity contribution in [3.63, 3.8) is 0 Å². The first kappa shape index (κ1) is 73.0. The van der Waals surface area contributed by atoms with Gasteiger partial charge >= 0.3 is 71.6 Å². The zero-order valence-corrected chi connectivity index (χ0v) is 46.4. The zero-order valence-electron chi connectivity index (χ0n) is 46.4. The van der Waals surface area contributed by atoms with Crippen LogP contribution >= 0.6 is 0 Å². The van der Waals surface area contributed by atoms with Crippen molar-refractivity contribution in [3.8, 4) is 71.0 Å². The molecule has 0 rings (SSSR count). The highest BCUT2D eigenvalue weighted by molar-refractivity contribution is 6.01. The largest absolute Gasteiger partial charge is 0.456 e. The molecule has 0 fully saturated rings. The minimum absolute atomic E-state index is 0.0568. The summed E-state index contributed by atoms with van der Waals surface area (Å²) in [6, 6.07) is 0. The minimum Gasteiger partial charge on any atom is -0.456 e. The van der Waals surface area contributed by atoms with Gasteiger partial charge in [0.2, 0.25) is 0 Å². The van der Waals surface area contributed by atoms with Gasteiger partial charge in [-0.2, -0.15) is 0 Å². The number of esters is 12. The molecule has 0 aromatic heterocycles. The molecule has 0 heterocycles. The van der Waals surface area contributed by atoms with Crippen molar-refractivity contribution in [3.05, 3.63) is 0 Å². The summed E-state index contributed by atoms with van der Waals surface area (Å²) in [4.78, 5) is 139. The van der Waals surface area contributed by atoms with Crippen molar-refractivity contribution in [1.29, 1.82) is 0 Å². The second-order valence-corrected chi connectivity index (χ2v) is 16.4. The number of carbonyl (C=O) groups excluding carboxylic acids is 12. The highest BCUT2D eigenvalue weighted by Crippen LogP contribution is 2.05. The lowest BCUT2D eigenvalue weighted by molar-refractivity contribution is -0.139. The maximum Gasteiger partial charge on any atom is 0.384 e. The lowest BCUT2D eigenvalue weighted by atomic mass is 10.2. The number of rotatable bonds is 37. The quantitative estimate of drug-likeness (QED) is 0.0283. The van der Waals surface area contributed by atoms with E-state index < -0.39 is 71.6 Å². The standard InChI is InChI=1S/C58H70O24/c1-3-71-47(59)25-27-49(61)73-37-15-5-7-17-39-75-51(63)29-31-53(65)77-41-19-9-11-21-43-79-55(67)33-35-57(69)81-45-23-13-14-24-46-82-58(70)36-34-56(68)80-44-22-12-10-20-42-78-54(66)32-30-52(64)76-40-18-8-6-16-38-74-50(62)28-26-48(60)72-4-2/h3-24,37-46H2,1-2H3. The summed E-state index contributed by atoms with van der Waals surface area (Å²) in [7, 11) is 0. The summed E-state index contributed by atoms with van der Waals surface area (Å²) in [5.74, 6) is 14.2. The van der Waals surface area contributed by atoms with E-state index in [9.17, 15) is 57.5 Å². The molecule has 24 nitrogen and oxygen atoms in total. The predicted molar refractivity (Wildman–Crippen MR) is 282 cm³/mol. The summed E-state index contributed by atoms with van der Waals surface area (Å²) < 4.78 is 58.6. The van der Waals surface area contributed by atoms with Crippen LogP contribution in [0, 0.1) is 71.0 Å². The Labute approximate surface area is 477 Å². The molecule has 24 heteroatoms. The van der Waals surface area contributed by atoms with Crippen LogP contribution in [0.5, 0.6) is 0 Å². The summed E-state index contributed by atoms with van der Waals surface area (Å²) in [5, 5.41) is 0. The van der Waals surface area contributed by atoms with E-state index in [2.05, 4.69) is 56.8 Å². The molecule has 82 heavy (non-hydrogen) atoms. The Morgan fingerprint density at radius 2 is 0.268 bits per heavy atom. The van der Waals surface area contributed by atoms with Crippen molar-refractivity contribution in [2.45, 2.75) is 142 Å². The number of hydrogen-bond acceptors (Lipinski definition) is 24. The van der Waals surface area contributed by atoms with E-state index in [0.29, 0.717) is 128 Å². The van der Waals surface area contributed by atoms with Gasteiger partial charge in [0.25, 0.3) is 0 Å². The van der Waals surface area contributed by atoms with Crippen LogP contribution in [0.25, 0.3) is 0 Å². The van der Waals surface area contributed by atoms with Gasteiger partial charge in [-0.3, -0.25) is 0 Å². The average Bonchev–Trinajstić information content (AvgIpc) is 3.45. The molecule has 0 aromatic rings. The molecular formula is C58H70O24. The van der Waals surface area contributed by atoms with Gasteiger partial charge in [-0.1, -0.05) is 0 Å². The fourth-order valence-corrected chi connectivity index (χ4v) is 5.74. The summed E-state index contributed by atoms with van der Waals surface area (Å²) >= 11 is 0. The number of ether oxygens (including phenoxy) is 12. The third kappa shape index (κ3) is 51.7. The molecule has 0 atom stereocenters. The summed E-state index contributed by atoms with van der Waals surface area (Å²) in [6.45, 7) is 4.32. The highest BCUT2D eigenvalue weighted by atomic mass is 16.6. The van der Waals surface area contributed by atoms with Crippen molar-refractivity contribution < 1.29 is 114 Å². The molecule has 0 aliphatic rings. The lowest BCUT2D eigenvalue weighted by Crippen LogP contribution is -2.07. The Morgan fingerprint density at radius 1 is 0.171 bits per heavy atom. The first-order valence-corrected chi connectivity index (χ1v) is 26.8. The molecule has 0 aliphatic carbocycles. The Hall–Kier alpha value is -9.00. The molecular weight excluding hydrogens is 1080 g/mol. The van der Waals surface area contributed by atoms with Crippen molar-refractivity contribution in [2.24, 2.45) is 0 Å². The second kappa shape index (κ2) is 52.7. The average molecular weight is 1150 g/mol. The molecule has 0 bridgehead atoms. The Kier molecular flexibility index (Phi) is 46.9. The maximum absolute atomic E-state index is 11.8. The third-order valence-electron chi connectivity index (χ3n) is 9.68. The SMILES string of the molecule is CCOC(=O)C#CC(=O)OCCCCCCOC(=O)C#CC(=O)OCCCCCCOC(=O)C#CC(=O)OCCCCCCOC(=O)C#CC(=O)OCCCCCCOC(=O)C#CC(=O)OCCCCCCOC(=O)C#CC(=O)OCC. The smallest absolute Gasteiger partial charge is 0.384 e. The minimum atomic E-state index is -0.895. The van der Waals surface area contributed by atoms with Crippen LogP contribution in [0.3, 0.4) is 0 Å². The summed E-state index contributed by atoms with van der Waals surface area (Å²) in [5.41, 5.74) is 0. The Morgan fingerprint density at radius 3 is 0.366 bits per heavy atom. The van der Waals surface area contributed by atoms with Crippen LogP contribution in [0.15, 0.2) is 0 Å². The van der Waals surface area contributed by atoms with E-state index in [-0.39, 0.29) is 79.3 Å². The fourth-order valence-electron chi connectivity index (χ4n) is 5.74. The topological polar surface area (TPSA) is 316 Å². The van der Waals surface area contributed by atoms with Gasteiger partial charge < -0.3 is 56.8 Å². The first-order chi connectivity index (χ1) is 39.6. The van der Waals surface area contributed by atoms with Gasteiger partial charge in [-0.15, -0.1) is 0 Å². The fraction of sp³-hybridized carbons (Fsp3) is 0.586. The molecule has 0 aliphatic heterocycles. The molecule has 0 aromatic carbocycles. The molecule has 0 N–H and O–H groups in total. The van der Waals surface area contributed by atoms with E-state index in [1.807, 2.05) is 23.7 Å². The first-order valence-electron chi connectivity index (χ1n) is 26.8. The van der Waals surface area contributed by atoms with Gasteiger partial charge in [0.15, 0.2) is 0 Å².